The van der Waals surface area contributed by atoms with Gasteiger partial charge in [-0.1, -0.05) is 12.8 Å². The topological polar surface area (TPSA) is 263 Å². The van der Waals surface area contributed by atoms with Crippen LogP contribution in [0.25, 0.3) is 0 Å². The molecule has 3 saturated heterocycles. The van der Waals surface area contributed by atoms with E-state index in [2.05, 4.69) is 0 Å². The summed E-state index contributed by atoms with van der Waals surface area (Å²) in [7, 11) is 0. The summed E-state index contributed by atoms with van der Waals surface area (Å²) in [5.74, 6) is -2.03. The molecule has 3 rings (SSSR count). The van der Waals surface area contributed by atoms with Crippen LogP contribution < -0.4 is 0 Å². The van der Waals surface area contributed by atoms with E-state index in [9.17, 15) is 54.9 Å². The first kappa shape index (κ1) is 39.1. The van der Waals surface area contributed by atoms with Crippen molar-refractivity contribution in [1.82, 2.24) is 9.96 Å². The predicted molar refractivity (Wildman–Crippen MR) is 154 cm³/mol. The van der Waals surface area contributed by atoms with Gasteiger partial charge in [0.1, 0.15) is 42.7 Å². The number of imide groups is 1. The molecule has 0 aromatic rings. The van der Waals surface area contributed by atoms with E-state index in [1.807, 2.05) is 0 Å². The van der Waals surface area contributed by atoms with Crippen molar-refractivity contribution >= 4 is 23.7 Å². The minimum absolute atomic E-state index is 0.00233. The number of amides is 3. The second-order valence-electron chi connectivity index (χ2n) is 11.8. The zero-order valence-corrected chi connectivity index (χ0v) is 26.4. The summed E-state index contributed by atoms with van der Waals surface area (Å²) in [5.41, 5.74) is 0. The summed E-state index contributed by atoms with van der Waals surface area (Å²) >= 11 is 0. The molecule has 3 fully saturated rings. The molecular formula is C29H48N2O16. The number of hydroxylamine groups is 2. The first-order chi connectivity index (χ1) is 22.3. The maximum Gasteiger partial charge on any atom is 0.333 e. The van der Waals surface area contributed by atoms with Crippen molar-refractivity contribution in [2.75, 3.05) is 32.9 Å². The molecule has 10 atom stereocenters. The highest BCUT2D eigenvalue weighted by molar-refractivity contribution is 6.01. The number of ether oxygens (including phenoxy) is 4. The van der Waals surface area contributed by atoms with Gasteiger partial charge in [0.25, 0.3) is 11.8 Å². The molecule has 0 aliphatic carbocycles. The third-order valence-corrected chi connectivity index (χ3v) is 8.23. The third-order valence-electron chi connectivity index (χ3n) is 8.23. The lowest BCUT2D eigenvalue weighted by Crippen LogP contribution is -2.59. The SMILES string of the molecule is C[C@@H]1O[C@@H](OCCN(CCCO[C@@H]2O[C@H](CO)[C@@H](O)[C@H](O)[C@@H]2O)C(=O)CCCCCCC(=O)ON2C(=O)CCC2=O)[C@@H](O)[C@H](O)[C@@H]1O. The zero-order valence-electron chi connectivity index (χ0n) is 26.4. The molecule has 18 nitrogen and oxygen atoms in total. The summed E-state index contributed by atoms with van der Waals surface area (Å²) < 4.78 is 21.9. The van der Waals surface area contributed by atoms with Crippen molar-refractivity contribution in [3.8, 4) is 0 Å². The van der Waals surface area contributed by atoms with Crippen LogP contribution >= 0.6 is 0 Å². The van der Waals surface area contributed by atoms with Gasteiger partial charge in [0.05, 0.1) is 25.9 Å². The molecule has 0 radical (unpaired) electrons. The Kier molecular flexibility index (Phi) is 15.8. The molecule has 0 saturated carbocycles. The third kappa shape index (κ3) is 11.1. The zero-order chi connectivity index (χ0) is 34.7. The van der Waals surface area contributed by atoms with Gasteiger partial charge in [0, 0.05) is 38.8 Å². The van der Waals surface area contributed by atoms with Crippen LogP contribution in [0.3, 0.4) is 0 Å². The van der Waals surface area contributed by atoms with Gasteiger partial charge < -0.3 is 64.4 Å². The number of aliphatic hydroxyl groups excluding tert-OH is 7. The number of hydrogen-bond acceptors (Lipinski definition) is 16. The van der Waals surface area contributed by atoms with Gasteiger partial charge in [0.15, 0.2) is 12.6 Å². The van der Waals surface area contributed by atoms with Crippen LogP contribution in [-0.2, 0) is 43.0 Å². The average Bonchev–Trinajstić information content (AvgIpc) is 3.36. The highest BCUT2D eigenvalue weighted by atomic mass is 16.7. The molecule has 0 unspecified atom stereocenters. The normalized spacial score (nSPS) is 32.9. The van der Waals surface area contributed by atoms with E-state index < -0.39 is 85.8 Å². The first-order valence-electron chi connectivity index (χ1n) is 15.9. The monoisotopic (exact) mass is 680 g/mol. The van der Waals surface area contributed by atoms with Gasteiger partial charge in [-0.05, 0) is 26.2 Å². The molecule has 0 aromatic carbocycles. The molecule has 0 spiro atoms. The Balaban J connectivity index is 1.44. The second-order valence-corrected chi connectivity index (χ2v) is 11.8. The van der Waals surface area contributed by atoms with Crippen molar-refractivity contribution < 1.29 is 78.7 Å². The second kappa shape index (κ2) is 19.0. The lowest BCUT2D eigenvalue weighted by atomic mass is 9.99. The van der Waals surface area contributed by atoms with E-state index in [-0.39, 0.29) is 64.3 Å². The first-order valence-corrected chi connectivity index (χ1v) is 15.9. The van der Waals surface area contributed by atoms with Crippen LogP contribution in [-0.4, -0.2) is 164 Å². The van der Waals surface area contributed by atoms with Crippen LogP contribution in [0.1, 0.15) is 64.7 Å². The number of carbonyl (C=O) groups is 4. The number of unbranched alkanes of at least 4 members (excludes halogenated alkanes) is 3. The summed E-state index contributed by atoms with van der Waals surface area (Å²) in [6, 6.07) is 0. The van der Waals surface area contributed by atoms with Gasteiger partial charge in [-0.25, -0.2) is 4.79 Å². The average molecular weight is 681 g/mol. The van der Waals surface area contributed by atoms with Crippen LogP contribution in [0.4, 0.5) is 0 Å². The molecule has 3 amide bonds. The maximum atomic E-state index is 13.1. The standard InChI is InChI=1S/C29H48N2O16/c1-16-22(37)24(39)26(41)28(45-16)44-14-12-30(11-6-13-43-29-27(42)25(40)23(38)17(15-32)46-29)18(33)7-4-2-3-5-8-21(36)47-31-19(34)9-10-20(31)35/h16-17,22-29,32,37-42H,2-15H2,1H3/t16-,17+,22+,23+,24+,25-,26-,27-,28+,29+/m0/s1. The van der Waals surface area contributed by atoms with E-state index in [0.717, 1.165) is 0 Å². The smallest absolute Gasteiger partial charge is 0.333 e. The van der Waals surface area contributed by atoms with Crippen LogP contribution in [0.2, 0.25) is 0 Å². The molecule has 270 valence electrons. The molecule has 0 bridgehead atoms. The van der Waals surface area contributed by atoms with Crippen molar-refractivity contribution in [3.05, 3.63) is 0 Å². The Bertz CT molecular complexity index is 1020. The van der Waals surface area contributed by atoms with E-state index in [4.69, 9.17) is 23.8 Å². The Labute approximate surface area is 271 Å². The van der Waals surface area contributed by atoms with Crippen LogP contribution in [0, 0.1) is 0 Å². The Morgan fingerprint density at radius 2 is 1.32 bits per heavy atom. The quantitative estimate of drug-likeness (QED) is 0.0556. The van der Waals surface area contributed by atoms with Gasteiger partial charge >= 0.3 is 5.97 Å². The Hall–Kier alpha value is -2.36. The summed E-state index contributed by atoms with van der Waals surface area (Å²) in [4.78, 5) is 54.5. The van der Waals surface area contributed by atoms with Crippen LogP contribution in [0.15, 0.2) is 0 Å². The van der Waals surface area contributed by atoms with Gasteiger partial charge in [-0.3, -0.25) is 14.4 Å². The van der Waals surface area contributed by atoms with Gasteiger partial charge in [-0.15, -0.1) is 5.06 Å². The number of hydrogen-bond donors (Lipinski definition) is 7. The number of carbonyl (C=O) groups excluding carboxylic acids is 4. The molecule has 3 heterocycles. The van der Waals surface area contributed by atoms with Crippen molar-refractivity contribution in [3.63, 3.8) is 0 Å². The van der Waals surface area contributed by atoms with E-state index >= 15 is 0 Å². The highest BCUT2D eigenvalue weighted by Gasteiger charge is 2.44. The van der Waals surface area contributed by atoms with Crippen molar-refractivity contribution in [2.45, 2.75) is 126 Å². The molecule has 3 aliphatic heterocycles. The molecule has 0 aromatic heterocycles. The Morgan fingerprint density at radius 3 is 1.96 bits per heavy atom. The number of nitrogens with zero attached hydrogens (tertiary/aromatic N) is 2. The lowest BCUT2D eigenvalue weighted by molar-refractivity contribution is -0.301. The molecule has 47 heavy (non-hydrogen) atoms. The molecule has 3 aliphatic rings. The minimum Gasteiger partial charge on any atom is -0.394 e. The maximum absolute atomic E-state index is 13.1. The van der Waals surface area contributed by atoms with E-state index in [1.54, 1.807) is 0 Å². The van der Waals surface area contributed by atoms with E-state index in [0.29, 0.717) is 30.7 Å². The fourth-order valence-corrected chi connectivity index (χ4v) is 5.31. The van der Waals surface area contributed by atoms with Crippen molar-refractivity contribution in [2.24, 2.45) is 0 Å². The Morgan fingerprint density at radius 1 is 0.745 bits per heavy atom. The molecule has 18 heteroatoms. The van der Waals surface area contributed by atoms with E-state index in [1.165, 1.54) is 11.8 Å². The van der Waals surface area contributed by atoms with Crippen molar-refractivity contribution in [1.29, 1.82) is 0 Å². The summed E-state index contributed by atoms with van der Waals surface area (Å²) in [5, 5.41) is 70.0. The number of aliphatic hydroxyl groups is 7. The lowest BCUT2D eigenvalue weighted by Gasteiger charge is -2.39. The fourth-order valence-electron chi connectivity index (χ4n) is 5.31. The molecular weight excluding hydrogens is 632 g/mol. The van der Waals surface area contributed by atoms with Gasteiger partial charge in [-0.2, -0.15) is 0 Å². The minimum atomic E-state index is -1.59. The number of rotatable bonds is 18. The van der Waals surface area contributed by atoms with Crippen LogP contribution in [0.5, 0.6) is 0 Å². The van der Waals surface area contributed by atoms with Gasteiger partial charge in [0.2, 0.25) is 5.91 Å². The molecule has 7 N–H and O–H groups in total. The highest BCUT2D eigenvalue weighted by Crippen LogP contribution is 2.23. The summed E-state index contributed by atoms with van der Waals surface area (Å²) in [6.45, 7) is 1.04. The predicted octanol–water partition coefficient (Wildman–Crippen LogP) is -3.19. The fraction of sp³-hybridized carbons (Fsp3) is 0.862. The summed E-state index contributed by atoms with van der Waals surface area (Å²) in [6.07, 6.45) is -10.9. The largest absolute Gasteiger partial charge is 0.394 e.